The molecule has 0 aliphatic carbocycles. The minimum Gasteiger partial charge on any atom is -0.465 e. The zero-order chi connectivity index (χ0) is 13.3. The van der Waals surface area contributed by atoms with E-state index in [0.29, 0.717) is 26.4 Å². The van der Waals surface area contributed by atoms with Crippen LogP contribution in [-0.4, -0.2) is 51.1 Å². The van der Waals surface area contributed by atoms with Gasteiger partial charge in [-0.25, -0.2) is 0 Å². The molecule has 0 aromatic heterocycles. The normalized spacial score (nSPS) is 13.5. The lowest BCUT2D eigenvalue weighted by Gasteiger charge is -2.20. The van der Waals surface area contributed by atoms with Gasteiger partial charge in [0.15, 0.2) is 0 Å². The molecule has 0 aromatic rings. The molecule has 1 N–H and O–H groups in total. The lowest BCUT2D eigenvalue weighted by atomic mass is 10.2. The Bertz CT molecular complexity index is 213. The van der Waals surface area contributed by atoms with Gasteiger partial charge in [-0.15, -0.1) is 0 Å². The summed E-state index contributed by atoms with van der Waals surface area (Å²) in [6.07, 6.45) is 0. The summed E-state index contributed by atoms with van der Waals surface area (Å²) in [4.78, 5) is 11.4. The first-order valence-electron chi connectivity index (χ1n) is 5.96. The molecular weight excluding hydrogens is 222 g/mol. The zero-order valence-electron chi connectivity index (χ0n) is 11.5. The highest BCUT2D eigenvalue weighted by molar-refractivity contribution is 5.75. The van der Waals surface area contributed by atoms with Crippen molar-refractivity contribution in [2.45, 2.75) is 39.3 Å². The van der Waals surface area contributed by atoms with Gasteiger partial charge in [-0.3, -0.25) is 4.79 Å². The van der Waals surface area contributed by atoms with Crippen LogP contribution in [0.5, 0.6) is 0 Å². The van der Waals surface area contributed by atoms with Gasteiger partial charge in [0.25, 0.3) is 0 Å². The molecular formula is C12H25NO4. The monoisotopic (exact) mass is 247 g/mol. The number of hydrogen-bond acceptors (Lipinski definition) is 5. The van der Waals surface area contributed by atoms with Crippen LogP contribution in [0.25, 0.3) is 0 Å². The van der Waals surface area contributed by atoms with Gasteiger partial charge in [0, 0.05) is 0 Å². The highest BCUT2D eigenvalue weighted by atomic mass is 16.5. The van der Waals surface area contributed by atoms with Gasteiger partial charge in [0.2, 0.25) is 0 Å². The Labute approximate surface area is 104 Å². The molecule has 0 rings (SSSR count). The summed E-state index contributed by atoms with van der Waals surface area (Å²) in [6, 6.07) is -0.412. The van der Waals surface area contributed by atoms with Crippen molar-refractivity contribution in [3.05, 3.63) is 0 Å². The molecule has 102 valence electrons. The predicted octanol–water partition coefficient (Wildman–Crippen LogP) is 0.969. The molecule has 17 heavy (non-hydrogen) atoms. The molecule has 0 amide bonds. The molecule has 0 heterocycles. The number of ether oxygens (including phenoxy) is 3. The van der Waals surface area contributed by atoms with E-state index in [0.717, 1.165) is 0 Å². The van der Waals surface area contributed by atoms with Crippen molar-refractivity contribution in [3.63, 3.8) is 0 Å². The molecule has 0 bridgehead atoms. The average Bonchev–Trinajstić information content (AvgIpc) is 2.22. The fourth-order valence-electron chi connectivity index (χ4n) is 1.12. The van der Waals surface area contributed by atoms with E-state index in [1.807, 2.05) is 20.8 Å². The molecule has 5 heteroatoms. The topological polar surface area (TPSA) is 56.8 Å². The van der Waals surface area contributed by atoms with Gasteiger partial charge in [-0.1, -0.05) is 0 Å². The summed E-state index contributed by atoms with van der Waals surface area (Å²) in [6.45, 7) is 9.40. The second kappa shape index (κ2) is 8.44. The van der Waals surface area contributed by atoms with Crippen LogP contribution in [0.15, 0.2) is 0 Å². The maximum Gasteiger partial charge on any atom is 0.325 e. The number of carbonyl (C=O) groups excluding carboxylic acids is 1. The van der Waals surface area contributed by atoms with Crippen LogP contribution < -0.4 is 5.32 Å². The van der Waals surface area contributed by atoms with Crippen molar-refractivity contribution < 1.29 is 19.0 Å². The number of nitrogens with one attached hydrogen (secondary N) is 1. The van der Waals surface area contributed by atoms with Crippen molar-refractivity contribution in [1.82, 2.24) is 5.32 Å². The van der Waals surface area contributed by atoms with Crippen molar-refractivity contribution in [2.75, 3.05) is 33.5 Å². The maximum absolute atomic E-state index is 11.4. The Morgan fingerprint density at radius 1 is 1.29 bits per heavy atom. The van der Waals surface area contributed by atoms with Crippen LogP contribution in [0.1, 0.15) is 27.7 Å². The van der Waals surface area contributed by atoms with Crippen LogP contribution >= 0.6 is 0 Å². The van der Waals surface area contributed by atoms with Gasteiger partial charge >= 0.3 is 5.97 Å². The number of esters is 1. The van der Waals surface area contributed by atoms with Crippen LogP contribution in [0.4, 0.5) is 0 Å². The number of hydrogen-bond donors (Lipinski definition) is 1. The summed E-state index contributed by atoms with van der Waals surface area (Å²) in [5, 5.41) is 2.85. The first-order valence-corrected chi connectivity index (χ1v) is 5.96. The summed E-state index contributed by atoms with van der Waals surface area (Å²) < 4.78 is 15.7. The van der Waals surface area contributed by atoms with E-state index in [1.165, 1.54) is 0 Å². The smallest absolute Gasteiger partial charge is 0.325 e. The SMILES string of the molecule is CCOC(=O)C(COCCOC(C)(C)C)NC. The molecule has 0 radical (unpaired) electrons. The quantitative estimate of drug-likeness (QED) is 0.511. The molecule has 0 aromatic carbocycles. The minimum absolute atomic E-state index is 0.160. The Balaban J connectivity index is 3.67. The second-order valence-corrected chi connectivity index (χ2v) is 4.63. The number of likely N-dealkylation sites (N-methyl/N-ethyl adjacent to an activating group) is 1. The summed E-state index contributed by atoms with van der Waals surface area (Å²) >= 11 is 0. The Morgan fingerprint density at radius 2 is 1.94 bits per heavy atom. The fraction of sp³-hybridized carbons (Fsp3) is 0.917. The van der Waals surface area contributed by atoms with E-state index in [1.54, 1.807) is 14.0 Å². The molecule has 0 aliphatic heterocycles. The summed E-state index contributed by atoms with van der Waals surface area (Å²) in [7, 11) is 1.70. The average molecular weight is 247 g/mol. The fourth-order valence-corrected chi connectivity index (χ4v) is 1.12. The standard InChI is InChI=1S/C12H25NO4/c1-6-16-11(14)10(13-5)9-15-7-8-17-12(2,3)4/h10,13H,6-9H2,1-5H3. The first kappa shape index (κ1) is 16.4. The Morgan fingerprint density at radius 3 is 2.41 bits per heavy atom. The van der Waals surface area contributed by atoms with Crippen molar-refractivity contribution in [3.8, 4) is 0 Å². The Kier molecular flexibility index (Phi) is 8.12. The van der Waals surface area contributed by atoms with Crippen molar-refractivity contribution in [2.24, 2.45) is 0 Å². The van der Waals surface area contributed by atoms with Crippen LogP contribution in [0, 0.1) is 0 Å². The lowest BCUT2D eigenvalue weighted by molar-refractivity contribution is -0.147. The van der Waals surface area contributed by atoms with Gasteiger partial charge in [0.05, 0.1) is 32.0 Å². The van der Waals surface area contributed by atoms with E-state index >= 15 is 0 Å². The second-order valence-electron chi connectivity index (χ2n) is 4.63. The molecule has 0 spiro atoms. The van der Waals surface area contributed by atoms with Gasteiger partial charge < -0.3 is 19.5 Å². The molecule has 0 saturated heterocycles. The van der Waals surface area contributed by atoms with Crippen molar-refractivity contribution in [1.29, 1.82) is 0 Å². The van der Waals surface area contributed by atoms with Crippen molar-refractivity contribution >= 4 is 5.97 Å². The first-order chi connectivity index (χ1) is 7.90. The predicted molar refractivity (Wildman–Crippen MR) is 66.0 cm³/mol. The zero-order valence-corrected chi connectivity index (χ0v) is 11.5. The molecule has 1 unspecified atom stereocenters. The van der Waals surface area contributed by atoms with Crippen LogP contribution in [-0.2, 0) is 19.0 Å². The third-order valence-electron chi connectivity index (χ3n) is 1.97. The van der Waals surface area contributed by atoms with Gasteiger partial charge in [0.1, 0.15) is 6.04 Å². The highest BCUT2D eigenvalue weighted by Crippen LogP contribution is 2.05. The third-order valence-corrected chi connectivity index (χ3v) is 1.97. The van der Waals surface area contributed by atoms with E-state index in [9.17, 15) is 4.79 Å². The summed E-state index contributed by atoms with van der Waals surface area (Å²) in [5.74, 6) is -0.285. The number of rotatable bonds is 8. The minimum atomic E-state index is -0.412. The largest absolute Gasteiger partial charge is 0.465 e. The number of carbonyl (C=O) groups is 1. The van der Waals surface area contributed by atoms with Gasteiger partial charge in [-0.2, -0.15) is 0 Å². The van der Waals surface area contributed by atoms with E-state index < -0.39 is 6.04 Å². The lowest BCUT2D eigenvalue weighted by Crippen LogP contribution is -2.40. The van der Waals surface area contributed by atoms with Crippen LogP contribution in [0.2, 0.25) is 0 Å². The molecule has 0 aliphatic rings. The maximum atomic E-state index is 11.4. The summed E-state index contributed by atoms with van der Waals surface area (Å²) in [5.41, 5.74) is -0.160. The molecule has 1 atom stereocenters. The molecule has 5 nitrogen and oxygen atoms in total. The van der Waals surface area contributed by atoms with E-state index in [2.05, 4.69) is 5.32 Å². The third kappa shape index (κ3) is 9.09. The Hall–Kier alpha value is -0.650. The molecule has 0 saturated carbocycles. The van der Waals surface area contributed by atoms with E-state index in [4.69, 9.17) is 14.2 Å². The van der Waals surface area contributed by atoms with E-state index in [-0.39, 0.29) is 11.6 Å². The highest BCUT2D eigenvalue weighted by Gasteiger charge is 2.17. The van der Waals surface area contributed by atoms with Crippen LogP contribution in [0.3, 0.4) is 0 Å². The van der Waals surface area contributed by atoms with Gasteiger partial charge in [-0.05, 0) is 34.7 Å². The molecule has 0 fully saturated rings.